The van der Waals surface area contributed by atoms with Crippen LogP contribution in [0.25, 0.3) is 0 Å². The van der Waals surface area contributed by atoms with E-state index in [9.17, 15) is 9.90 Å². The molecule has 112 valence electrons. The highest BCUT2D eigenvalue weighted by Crippen LogP contribution is 2.24. The number of ether oxygens (including phenoxy) is 1. The standard InChI is InChI=1S/C14H21BrN2O3/c1-9-6-11(7-10(2)13(9)15)17-14(19)16-5-4-12(18)8-20-3/h6-7,12,18H,4-5,8H2,1-3H3,(H2,16,17,19). The average Bonchev–Trinajstić information content (AvgIpc) is 2.36. The van der Waals surface area contributed by atoms with Gasteiger partial charge in [0.2, 0.25) is 0 Å². The number of urea groups is 1. The molecule has 0 aliphatic rings. The summed E-state index contributed by atoms with van der Waals surface area (Å²) in [4.78, 5) is 11.7. The van der Waals surface area contributed by atoms with Crippen molar-refractivity contribution in [1.82, 2.24) is 5.32 Å². The molecule has 0 heterocycles. The maximum Gasteiger partial charge on any atom is 0.319 e. The van der Waals surface area contributed by atoms with Crippen LogP contribution < -0.4 is 10.6 Å². The number of aryl methyl sites for hydroxylation is 2. The SMILES string of the molecule is COCC(O)CCNC(=O)Nc1cc(C)c(Br)c(C)c1. The van der Waals surface area contributed by atoms with E-state index in [1.165, 1.54) is 7.11 Å². The molecule has 0 fully saturated rings. The van der Waals surface area contributed by atoms with Crippen LogP contribution in [-0.4, -0.2) is 37.5 Å². The van der Waals surface area contributed by atoms with Crippen LogP contribution >= 0.6 is 15.9 Å². The molecule has 1 unspecified atom stereocenters. The number of amides is 2. The number of hydrogen-bond donors (Lipinski definition) is 3. The number of aliphatic hydroxyl groups is 1. The van der Waals surface area contributed by atoms with E-state index >= 15 is 0 Å². The van der Waals surface area contributed by atoms with Gasteiger partial charge in [-0.15, -0.1) is 0 Å². The summed E-state index contributed by atoms with van der Waals surface area (Å²) in [5.74, 6) is 0. The number of aliphatic hydroxyl groups excluding tert-OH is 1. The minimum atomic E-state index is -0.558. The number of carbonyl (C=O) groups is 1. The normalized spacial score (nSPS) is 12.1. The lowest BCUT2D eigenvalue weighted by Crippen LogP contribution is -2.32. The van der Waals surface area contributed by atoms with Gasteiger partial charge in [0.25, 0.3) is 0 Å². The van der Waals surface area contributed by atoms with Gasteiger partial charge in [0.15, 0.2) is 0 Å². The van der Waals surface area contributed by atoms with Gasteiger partial charge >= 0.3 is 6.03 Å². The molecule has 1 aromatic rings. The number of benzene rings is 1. The number of rotatable bonds is 6. The fraction of sp³-hybridized carbons (Fsp3) is 0.500. The van der Waals surface area contributed by atoms with Crippen molar-refractivity contribution >= 4 is 27.6 Å². The quantitative estimate of drug-likeness (QED) is 0.742. The number of halogens is 1. The van der Waals surface area contributed by atoms with Crippen molar-refractivity contribution < 1.29 is 14.6 Å². The largest absolute Gasteiger partial charge is 0.391 e. The van der Waals surface area contributed by atoms with Crippen molar-refractivity contribution in [2.45, 2.75) is 26.4 Å². The molecule has 0 aromatic heterocycles. The van der Waals surface area contributed by atoms with Crippen LogP contribution in [0.5, 0.6) is 0 Å². The molecule has 2 amide bonds. The maximum atomic E-state index is 11.7. The molecule has 0 bridgehead atoms. The molecule has 1 atom stereocenters. The first-order valence-electron chi connectivity index (χ1n) is 6.42. The van der Waals surface area contributed by atoms with E-state index in [-0.39, 0.29) is 12.6 Å². The van der Waals surface area contributed by atoms with Crippen molar-refractivity contribution in [1.29, 1.82) is 0 Å². The Labute approximate surface area is 127 Å². The van der Waals surface area contributed by atoms with Crippen LogP contribution in [0.4, 0.5) is 10.5 Å². The van der Waals surface area contributed by atoms with Crippen LogP contribution in [0.3, 0.4) is 0 Å². The van der Waals surface area contributed by atoms with Crippen molar-refractivity contribution in [2.75, 3.05) is 25.6 Å². The Hall–Kier alpha value is -1.11. The first-order chi connectivity index (χ1) is 9.43. The molecule has 1 aromatic carbocycles. The molecule has 0 spiro atoms. The number of hydrogen-bond acceptors (Lipinski definition) is 3. The first kappa shape index (κ1) is 16.9. The van der Waals surface area contributed by atoms with Gasteiger partial charge in [0.05, 0.1) is 12.7 Å². The van der Waals surface area contributed by atoms with Gasteiger partial charge in [-0.05, 0) is 43.5 Å². The Kier molecular flexibility index (Phi) is 6.98. The van der Waals surface area contributed by atoms with Crippen LogP contribution in [0.2, 0.25) is 0 Å². The smallest absolute Gasteiger partial charge is 0.319 e. The van der Waals surface area contributed by atoms with Crippen molar-refractivity contribution in [2.24, 2.45) is 0 Å². The predicted octanol–water partition coefficient (Wildman–Crippen LogP) is 2.58. The molecular weight excluding hydrogens is 324 g/mol. The highest BCUT2D eigenvalue weighted by atomic mass is 79.9. The summed E-state index contributed by atoms with van der Waals surface area (Å²) in [6.07, 6.45) is -0.0999. The van der Waals surface area contributed by atoms with Gasteiger partial charge < -0.3 is 20.5 Å². The number of methoxy groups -OCH3 is 1. The van der Waals surface area contributed by atoms with E-state index in [4.69, 9.17) is 4.74 Å². The number of carbonyl (C=O) groups excluding carboxylic acids is 1. The molecule has 1 rings (SSSR count). The van der Waals surface area contributed by atoms with E-state index in [2.05, 4.69) is 26.6 Å². The minimum Gasteiger partial charge on any atom is -0.391 e. The summed E-state index contributed by atoms with van der Waals surface area (Å²) < 4.78 is 5.86. The lowest BCUT2D eigenvalue weighted by molar-refractivity contribution is 0.0599. The van der Waals surface area contributed by atoms with Crippen LogP contribution in [0.1, 0.15) is 17.5 Å². The molecule has 0 radical (unpaired) electrons. The summed E-state index contributed by atoms with van der Waals surface area (Å²) in [7, 11) is 1.53. The molecule has 0 saturated heterocycles. The topological polar surface area (TPSA) is 70.6 Å². The molecule has 0 aliphatic heterocycles. The second kappa shape index (κ2) is 8.24. The highest BCUT2D eigenvalue weighted by Gasteiger charge is 2.07. The predicted molar refractivity (Wildman–Crippen MR) is 83.1 cm³/mol. The summed E-state index contributed by atoms with van der Waals surface area (Å²) >= 11 is 3.48. The van der Waals surface area contributed by atoms with Crippen molar-refractivity contribution in [3.05, 3.63) is 27.7 Å². The third-order valence-electron chi connectivity index (χ3n) is 2.82. The van der Waals surface area contributed by atoms with Gasteiger partial charge in [-0.25, -0.2) is 4.79 Å². The first-order valence-corrected chi connectivity index (χ1v) is 7.22. The zero-order chi connectivity index (χ0) is 15.1. The number of anilines is 1. The average molecular weight is 345 g/mol. The maximum absolute atomic E-state index is 11.7. The Balaban J connectivity index is 2.43. The van der Waals surface area contributed by atoms with Crippen LogP contribution in [0, 0.1) is 13.8 Å². The Morgan fingerprint density at radius 3 is 2.55 bits per heavy atom. The fourth-order valence-corrected chi connectivity index (χ4v) is 2.05. The molecular formula is C14H21BrN2O3. The van der Waals surface area contributed by atoms with Gasteiger partial charge in [-0.2, -0.15) is 0 Å². The fourth-order valence-electron chi connectivity index (χ4n) is 1.82. The summed E-state index contributed by atoms with van der Waals surface area (Å²) in [5, 5.41) is 14.9. The van der Waals surface area contributed by atoms with Crippen molar-refractivity contribution in [3.8, 4) is 0 Å². The van der Waals surface area contributed by atoms with E-state index < -0.39 is 6.10 Å². The van der Waals surface area contributed by atoms with Crippen LogP contribution in [-0.2, 0) is 4.74 Å². The minimum absolute atomic E-state index is 0.272. The van der Waals surface area contributed by atoms with E-state index in [0.29, 0.717) is 13.0 Å². The molecule has 3 N–H and O–H groups in total. The van der Waals surface area contributed by atoms with Gasteiger partial charge in [0, 0.05) is 23.8 Å². The van der Waals surface area contributed by atoms with Gasteiger partial charge in [-0.3, -0.25) is 0 Å². The van der Waals surface area contributed by atoms with E-state index in [0.717, 1.165) is 21.3 Å². The molecule has 5 nitrogen and oxygen atoms in total. The molecule has 20 heavy (non-hydrogen) atoms. The second-order valence-electron chi connectivity index (χ2n) is 4.70. The Morgan fingerprint density at radius 1 is 1.40 bits per heavy atom. The Bertz CT molecular complexity index is 443. The highest BCUT2D eigenvalue weighted by molar-refractivity contribution is 9.10. The van der Waals surface area contributed by atoms with Gasteiger partial charge in [-0.1, -0.05) is 15.9 Å². The molecule has 0 saturated carbocycles. The zero-order valence-electron chi connectivity index (χ0n) is 12.0. The van der Waals surface area contributed by atoms with E-state index in [1.54, 1.807) is 0 Å². The van der Waals surface area contributed by atoms with Crippen molar-refractivity contribution in [3.63, 3.8) is 0 Å². The second-order valence-corrected chi connectivity index (χ2v) is 5.50. The lowest BCUT2D eigenvalue weighted by atomic mass is 10.1. The Morgan fingerprint density at radius 2 is 2.00 bits per heavy atom. The monoisotopic (exact) mass is 344 g/mol. The molecule has 6 heteroatoms. The van der Waals surface area contributed by atoms with E-state index in [1.807, 2.05) is 26.0 Å². The number of nitrogens with one attached hydrogen (secondary N) is 2. The van der Waals surface area contributed by atoms with Crippen LogP contribution in [0.15, 0.2) is 16.6 Å². The summed E-state index contributed by atoms with van der Waals surface area (Å²) in [6.45, 7) is 4.61. The zero-order valence-corrected chi connectivity index (χ0v) is 13.6. The van der Waals surface area contributed by atoms with Gasteiger partial charge in [0.1, 0.15) is 0 Å². The third kappa shape index (κ3) is 5.48. The summed E-state index contributed by atoms with van der Waals surface area (Å²) in [6, 6.07) is 3.52. The summed E-state index contributed by atoms with van der Waals surface area (Å²) in [5.41, 5.74) is 2.88. The third-order valence-corrected chi connectivity index (χ3v) is 4.07. The lowest BCUT2D eigenvalue weighted by Gasteiger charge is -2.12. The molecule has 0 aliphatic carbocycles.